The molecule has 0 unspecified atom stereocenters. The molecular weight excluding hydrogens is 410 g/mol. The van der Waals surface area contributed by atoms with Crippen molar-refractivity contribution in [3.8, 4) is 0 Å². The van der Waals surface area contributed by atoms with Gasteiger partial charge in [0, 0.05) is 12.6 Å². The highest BCUT2D eigenvalue weighted by molar-refractivity contribution is 6.03. The summed E-state index contributed by atoms with van der Waals surface area (Å²) < 4.78 is 4.63. The van der Waals surface area contributed by atoms with E-state index < -0.39 is 17.3 Å². The van der Waals surface area contributed by atoms with Crippen LogP contribution in [0.25, 0.3) is 0 Å². The number of ether oxygens (including phenoxy) is 1. The summed E-state index contributed by atoms with van der Waals surface area (Å²) in [5.41, 5.74) is 1.46. The SMILES string of the molecule is C/C=C(\NC(=O)C12CCC(c3ccc(NC(C)=O)cc3)(C1)C2)C(=O)N/C(=C/C)C(=O)OC. The molecule has 3 amide bonds. The number of hydrogen-bond donors (Lipinski definition) is 3. The van der Waals surface area contributed by atoms with Crippen molar-refractivity contribution in [1.29, 1.82) is 0 Å². The predicted molar refractivity (Wildman–Crippen MR) is 119 cm³/mol. The summed E-state index contributed by atoms with van der Waals surface area (Å²) in [4.78, 5) is 48.5. The minimum atomic E-state index is -0.662. The number of methoxy groups -OCH3 is 1. The Morgan fingerprint density at radius 2 is 1.56 bits per heavy atom. The molecule has 0 radical (unpaired) electrons. The van der Waals surface area contributed by atoms with Gasteiger partial charge in [-0.05, 0) is 62.6 Å². The van der Waals surface area contributed by atoms with Crippen molar-refractivity contribution >= 4 is 29.4 Å². The number of nitrogens with one attached hydrogen (secondary N) is 3. The van der Waals surface area contributed by atoms with Crippen LogP contribution in [0.2, 0.25) is 0 Å². The van der Waals surface area contributed by atoms with Crippen LogP contribution in [0.1, 0.15) is 52.0 Å². The third-order valence-corrected chi connectivity index (χ3v) is 6.46. The summed E-state index contributed by atoms with van der Waals surface area (Å²) in [7, 11) is 1.23. The number of benzene rings is 1. The number of carbonyl (C=O) groups excluding carboxylic acids is 4. The van der Waals surface area contributed by atoms with Gasteiger partial charge in [0.2, 0.25) is 11.8 Å². The quantitative estimate of drug-likeness (QED) is 0.447. The zero-order valence-corrected chi connectivity index (χ0v) is 18.8. The maximum absolute atomic E-state index is 13.1. The third-order valence-electron chi connectivity index (χ3n) is 6.46. The number of anilines is 1. The van der Waals surface area contributed by atoms with E-state index in [0.29, 0.717) is 12.8 Å². The molecule has 2 bridgehead atoms. The fraction of sp³-hybridized carbons (Fsp3) is 0.417. The fourth-order valence-corrected chi connectivity index (χ4v) is 4.86. The van der Waals surface area contributed by atoms with Crippen molar-refractivity contribution < 1.29 is 23.9 Å². The maximum atomic E-state index is 13.1. The van der Waals surface area contributed by atoms with Crippen LogP contribution >= 0.6 is 0 Å². The minimum Gasteiger partial charge on any atom is -0.464 e. The topological polar surface area (TPSA) is 114 Å². The van der Waals surface area contributed by atoms with Gasteiger partial charge in [0.1, 0.15) is 11.4 Å². The molecule has 0 spiro atoms. The highest BCUT2D eigenvalue weighted by atomic mass is 16.5. The van der Waals surface area contributed by atoms with Gasteiger partial charge in [-0.2, -0.15) is 0 Å². The van der Waals surface area contributed by atoms with Gasteiger partial charge in [0.25, 0.3) is 5.91 Å². The second kappa shape index (κ2) is 8.98. The molecule has 0 heterocycles. The first kappa shape index (κ1) is 23.2. The van der Waals surface area contributed by atoms with Crippen LogP contribution < -0.4 is 16.0 Å². The number of esters is 1. The van der Waals surface area contributed by atoms with Gasteiger partial charge in [-0.25, -0.2) is 4.79 Å². The van der Waals surface area contributed by atoms with Crippen LogP contribution in [0.5, 0.6) is 0 Å². The number of fused-ring (bicyclic) bond motifs is 1. The zero-order valence-electron chi connectivity index (χ0n) is 18.8. The molecule has 0 aliphatic heterocycles. The molecule has 0 aromatic heterocycles. The van der Waals surface area contributed by atoms with E-state index in [0.717, 1.165) is 24.1 Å². The lowest BCUT2D eigenvalue weighted by Crippen LogP contribution is -2.51. The van der Waals surface area contributed by atoms with E-state index in [1.54, 1.807) is 13.8 Å². The first-order chi connectivity index (χ1) is 15.2. The molecule has 8 heteroatoms. The molecule has 3 aliphatic carbocycles. The van der Waals surface area contributed by atoms with E-state index in [1.165, 1.54) is 26.2 Å². The highest BCUT2D eigenvalue weighted by Gasteiger charge is 2.64. The van der Waals surface area contributed by atoms with Gasteiger partial charge in [-0.3, -0.25) is 14.4 Å². The number of carbonyl (C=O) groups is 4. The van der Waals surface area contributed by atoms with E-state index in [-0.39, 0.29) is 28.6 Å². The maximum Gasteiger partial charge on any atom is 0.354 e. The van der Waals surface area contributed by atoms with Gasteiger partial charge in [0.05, 0.1) is 12.5 Å². The third kappa shape index (κ3) is 4.30. The van der Waals surface area contributed by atoms with E-state index in [1.807, 2.05) is 24.3 Å². The number of hydrogen-bond acceptors (Lipinski definition) is 5. The minimum absolute atomic E-state index is 0.00972. The molecule has 0 saturated heterocycles. The lowest BCUT2D eigenvalue weighted by Gasteiger charge is -2.46. The summed E-state index contributed by atoms with van der Waals surface area (Å²) in [5, 5.41) is 7.99. The Morgan fingerprint density at radius 1 is 0.938 bits per heavy atom. The lowest BCUT2D eigenvalue weighted by molar-refractivity contribution is -0.137. The summed E-state index contributed by atoms with van der Waals surface area (Å²) in [5.74, 6) is -1.53. The van der Waals surface area contributed by atoms with E-state index in [2.05, 4.69) is 20.7 Å². The number of rotatable bonds is 7. The van der Waals surface area contributed by atoms with Crippen molar-refractivity contribution in [2.75, 3.05) is 12.4 Å². The molecule has 3 aliphatic rings. The van der Waals surface area contributed by atoms with Gasteiger partial charge >= 0.3 is 5.97 Å². The van der Waals surface area contributed by atoms with Crippen LogP contribution in [-0.4, -0.2) is 30.8 Å². The average molecular weight is 440 g/mol. The van der Waals surface area contributed by atoms with Crippen LogP contribution in [0, 0.1) is 5.41 Å². The first-order valence-electron chi connectivity index (χ1n) is 10.6. The monoisotopic (exact) mass is 439 g/mol. The molecule has 3 N–H and O–H groups in total. The average Bonchev–Trinajstić information content (AvgIpc) is 3.33. The Hall–Kier alpha value is -3.42. The zero-order chi connectivity index (χ0) is 23.5. The molecule has 0 atom stereocenters. The van der Waals surface area contributed by atoms with Crippen LogP contribution in [0.3, 0.4) is 0 Å². The van der Waals surface area contributed by atoms with Crippen molar-refractivity contribution in [2.45, 2.75) is 51.9 Å². The van der Waals surface area contributed by atoms with Crippen LogP contribution in [0.15, 0.2) is 47.8 Å². The highest BCUT2D eigenvalue weighted by Crippen LogP contribution is 2.67. The normalized spacial score (nSPS) is 24.2. The molecular formula is C24H29N3O5. The van der Waals surface area contributed by atoms with Crippen LogP contribution in [-0.2, 0) is 29.3 Å². The number of amides is 3. The van der Waals surface area contributed by atoms with Crippen LogP contribution in [0.4, 0.5) is 5.69 Å². The molecule has 170 valence electrons. The molecule has 4 rings (SSSR count). The molecule has 8 nitrogen and oxygen atoms in total. The Morgan fingerprint density at radius 3 is 2.09 bits per heavy atom. The van der Waals surface area contributed by atoms with Crippen molar-refractivity contribution in [2.24, 2.45) is 5.41 Å². The Kier molecular flexibility index (Phi) is 6.52. The van der Waals surface area contributed by atoms with Gasteiger partial charge in [0.15, 0.2) is 0 Å². The van der Waals surface area contributed by atoms with E-state index in [4.69, 9.17) is 0 Å². The van der Waals surface area contributed by atoms with Gasteiger partial charge < -0.3 is 20.7 Å². The Bertz CT molecular complexity index is 1000. The largest absolute Gasteiger partial charge is 0.464 e. The molecule has 3 fully saturated rings. The fourth-order valence-electron chi connectivity index (χ4n) is 4.86. The standard InChI is InChI=1S/C24H29N3O5/c1-5-18(20(29)26-19(6-2)21(30)32-4)27-22(31)24-12-11-23(13-24,14-24)16-7-9-17(10-8-16)25-15(3)28/h5-10H,11-14H2,1-4H3,(H,25,28)(H,26,29)(H,27,31)/b18-5-,19-6+. The van der Waals surface area contributed by atoms with Crippen molar-refractivity contribution in [1.82, 2.24) is 10.6 Å². The Labute approximate surface area is 187 Å². The molecule has 1 aromatic rings. The molecule has 32 heavy (non-hydrogen) atoms. The number of allylic oxidation sites excluding steroid dienone is 2. The second-order valence-corrected chi connectivity index (χ2v) is 8.48. The molecule has 3 saturated carbocycles. The van der Waals surface area contributed by atoms with Crippen molar-refractivity contribution in [3.05, 3.63) is 53.4 Å². The summed E-state index contributed by atoms with van der Waals surface area (Å²) in [6.07, 6.45) is 6.01. The summed E-state index contributed by atoms with van der Waals surface area (Å²) >= 11 is 0. The van der Waals surface area contributed by atoms with Gasteiger partial charge in [-0.1, -0.05) is 24.3 Å². The lowest BCUT2D eigenvalue weighted by atomic mass is 9.57. The predicted octanol–water partition coefficient (Wildman–Crippen LogP) is 2.67. The summed E-state index contributed by atoms with van der Waals surface area (Å²) in [6.45, 7) is 4.72. The molecule has 1 aromatic carbocycles. The van der Waals surface area contributed by atoms with E-state index in [9.17, 15) is 19.2 Å². The van der Waals surface area contributed by atoms with E-state index >= 15 is 0 Å². The summed E-state index contributed by atoms with van der Waals surface area (Å²) in [6, 6.07) is 7.78. The smallest absolute Gasteiger partial charge is 0.354 e. The second-order valence-electron chi connectivity index (χ2n) is 8.48. The van der Waals surface area contributed by atoms with Crippen molar-refractivity contribution in [3.63, 3.8) is 0 Å². The first-order valence-corrected chi connectivity index (χ1v) is 10.6. The Balaban J connectivity index is 1.64. The van der Waals surface area contributed by atoms with Gasteiger partial charge in [-0.15, -0.1) is 0 Å².